The van der Waals surface area contributed by atoms with Crippen LogP contribution in [0.25, 0.3) is 0 Å². The first-order valence-corrected chi connectivity index (χ1v) is 5.64. The van der Waals surface area contributed by atoms with Gasteiger partial charge in [-0.1, -0.05) is 11.6 Å². The number of halogens is 1. The molecule has 90 valence electrons. The van der Waals surface area contributed by atoms with Crippen molar-refractivity contribution in [1.29, 1.82) is 0 Å². The van der Waals surface area contributed by atoms with E-state index >= 15 is 0 Å². The molecule has 0 saturated heterocycles. The van der Waals surface area contributed by atoms with Crippen LogP contribution in [-0.4, -0.2) is 33.9 Å². The molecule has 1 aromatic rings. The average Bonchev–Trinajstić information content (AvgIpc) is 2.17. The average molecular weight is 243 g/mol. The van der Waals surface area contributed by atoms with Gasteiger partial charge in [-0.05, 0) is 25.1 Å². The van der Waals surface area contributed by atoms with E-state index in [1.54, 1.807) is 7.11 Å². The lowest BCUT2D eigenvalue weighted by Crippen LogP contribution is -2.20. The van der Waals surface area contributed by atoms with E-state index in [1.165, 1.54) is 0 Å². The predicted molar refractivity (Wildman–Crippen MR) is 70.7 cm³/mol. The fraction of sp³-hybridized carbons (Fsp3) is 0.500. The standard InChI is InChI=1S/C12H19ClN2O/c1-9(8-16-4)14-10-5-6-12(15(2)3)11(13)7-10/h5-7,9,14H,8H2,1-4H3. The molecular formula is C12H19ClN2O. The van der Waals surface area contributed by atoms with E-state index in [4.69, 9.17) is 16.3 Å². The second-order valence-electron chi connectivity index (χ2n) is 4.06. The van der Waals surface area contributed by atoms with Gasteiger partial charge in [0.2, 0.25) is 0 Å². The lowest BCUT2D eigenvalue weighted by atomic mass is 10.2. The van der Waals surface area contributed by atoms with Gasteiger partial charge in [-0.25, -0.2) is 0 Å². The fourth-order valence-electron chi connectivity index (χ4n) is 1.54. The van der Waals surface area contributed by atoms with Crippen LogP contribution in [0.2, 0.25) is 5.02 Å². The van der Waals surface area contributed by atoms with Crippen LogP contribution in [0.5, 0.6) is 0 Å². The Hall–Kier alpha value is -0.930. The molecule has 16 heavy (non-hydrogen) atoms. The molecule has 1 rings (SSSR count). The quantitative estimate of drug-likeness (QED) is 0.860. The summed E-state index contributed by atoms with van der Waals surface area (Å²) in [5.74, 6) is 0. The third-order valence-electron chi connectivity index (χ3n) is 2.26. The molecule has 0 radical (unpaired) electrons. The monoisotopic (exact) mass is 242 g/mol. The molecule has 1 aromatic carbocycles. The highest BCUT2D eigenvalue weighted by atomic mass is 35.5. The Labute approximate surface area is 102 Å². The van der Waals surface area contributed by atoms with Gasteiger partial charge >= 0.3 is 0 Å². The number of nitrogens with zero attached hydrogens (tertiary/aromatic N) is 1. The normalized spacial score (nSPS) is 12.3. The summed E-state index contributed by atoms with van der Waals surface area (Å²) in [7, 11) is 5.64. The first-order chi connectivity index (χ1) is 7.54. The molecule has 1 atom stereocenters. The number of ether oxygens (including phenoxy) is 1. The van der Waals surface area contributed by atoms with Crippen molar-refractivity contribution < 1.29 is 4.74 Å². The summed E-state index contributed by atoms with van der Waals surface area (Å²) in [6.45, 7) is 2.74. The third-order valence-corrected chi connectivity index (χ3v) is 2.56. The molecule has 0 heterocycles. The van der Waals surface area contributed by atoms with E-state index in [0.717, 1.165) is 16.4 Å². The Bertz CT molecular complexity index is 342. The van der Waals surface area contributed by atoms with Crippen LogP contribution in [0.3, 0.4) is 0 Å². The van der Waals surface area contributed by atoms with Crippen LogP contribution in [0.15, 0.2) is 18.2 Å². The summed E-state index contributed by atoms with van der Waals surface area (Å²) in [5.41, 5.74) is 2.03. The van der Waals surface area contributed by atoms with Crippen LogP contribution < -0.4 is 10.2 Å². The van der Waals surface area contributed by atoms with E-state index in [2.05, 4.69) is 12.2 Å². The Balaban J connectivity index is 2.73. The van der Waals surface area contributed by atoms with Crippen molar-refractivity contribution in [1.82, 2.24) is 0 Å². The molecule has 0 fully saturated rings. The van der Waals surface area contributed by atoms with Crippen LogP contribution in [0.4, 0.5) is 11.4 Å². The van der Waals surface area contributed by atoms with Crippen molar-refractivity contribution in [2.75, 3.05) is 38.0 Å². The zero-order chi connectivity index (χ0) is 12.1. The number of rotatable bonds is 5. The Morgan fingerprint density at radius 1 is 1.44 bits per heavy atom. The van der Waals surface area contributed by atoms with E-state index in [9.17, 15) is 0 Å². The number of methoxy groups -OCH3 is 1. The molecule has 0 aliphatic heterocycles. The summed E-state index contributed by atoms with van der Waals surface area (Å²) in [4.78, 5) is 1.99. The summed E-state index contributed by atoms with van der Waals surface area (Å²) in [6.07, 6.45) is 0. The molecule has 0 saturated carbocycles. The van der Waals surface area contributed by atoms with Crippen molar-refractivity contribution in [3.8, 4) is 0 Å². The van der Waals surface area contributed by atoms with Gasteiger partial charge in [0, 0.05) is 32.9 Å². The fourth-order valence-corrected chi connectivity index (χ4v) is 1.89. The van der Waals surface area contributed by atoms with Crippen LogP contribution in [0, 0.1) is 0 Å². The molecule has 0 amide bonds. The van der Waals surface area contributed by atoms with E-state index in [-0.39, 0.29) is 6.04 Å². The maximum absolute atomic E-state index is 6.17. The van der Waals surface area contributed by atoms with Crippen molar-refractivity contribution in [2.24, 2.45) is 0 Å². The van der Waals surface area contributed by atoms with Crippen molar-refractivity contribution in [3.05, 3.63) is 23.2 Å². The molecule has 4 heteroatoms. The minimum absolute atomic E-state index is 0.270. The Kier molecular flexibility index (Phi) is 4.90. The molecule has 3 nitrogen and oxygen atoms in total. The first kappa shape index (κ1) is 13.1. The smallest absolute Gasteiger partial charge is 0.0661 e. The van der Waals surface area contributed by atoms with Crippen molar-refractivity contribution in [3.63, 3.8) is 0 Å². The molecule has 1 N–H and O–H groups in total. The van der Waals surface area contributed by atoms with E-state index < -0.39 is 0 Å². The summed E-state index contributed by atoms with van der Waals surface area (Å²) >= 11 is 6.17. The minimum atomic E-state index is 0.270. The van der Waals surface area contributed by atoms with Gasteiger partial charge < -0.3 is 15.0 Å². The molecule has 0 aliphatic carbocycles. The summed E-state index contributed by atoms with van der Waals surface area (Å²) < 4.78 is 5.06. The topological polar surface area (TPSA) is 24.5 Å². The van der Waals surface area contributed by atoms with Crippen LogP contribution in [-0.2, 0) is 4.74 Å². The number of hydrogen-bond acceptors (Lipinski definition) is 3. The minimum Gasteiger partial charge on any atom is -0.383 e. The number of anilines is 2. The largest absolute Gasteiger partial charge is 0.383 e. The van der Waals surface area contributed by atoms with Gasteiger partial charge in [-0.3, -0.25) is 0 Å². The Morgan fingerprint density at radius 3 is 2.62 bits per heavy atom. The zero-order valence-corrected chi connectivity index (χ0v) is 11.0. The van der Waals surface area contributed by atoms with Crippen LogP contribution in [0.1, 0.15) is 6.92 Å². The van der Waals surface area contributed by atoms with Gasteiger partial charge in [0.1, 0.15) is 0 Å². The van der Waals surface area contributed by atoms with Gasteiger partial charge in [0.05, 0.1) is 17.3 Å². The van der Waals surface area contributed by atoms with Crippen molar-refractivity contribution in [2.45, 2.75) is 13.0 Å². The molecule has 0 bridgehead atoms. The van der Waals surface area contributed by atoms with Gasteiger partial charge in [-0.2, -0.15) is 0 Å². The second-order valence-corrected chi connectivity index (χ2v) is 4.47. The third kappa shape index (κ3) is 3.58. The summed E-state index contributed by atoms with van der Waals surface area (Å²) in [5, 5.41) is 4.07. The van der Waals surface area contributed by atoms with Gasteiger partial charge in [0.25, 0.3) is 0 Å². The SMILES string of the molecule is COCC(C)Nc1ccc(N(C)C)c(Cl)c1. The van der Waals surface area contributed by atoms with E-state index in [1.807, 2.05) is 37.2 Å². The second kappa shape index (κ2) is 5.97. The van der Waals surface area contributed by atoms with Gasteiger partial charge in [0.15, 0.2) is 0 Å². The van der Waals surface area contributed by atoms with E-state index in [0.29, 0.717) is 6.61 Å². The lowest BCUT2D eigenvalue weighted by Gasteiger charge is -2.18. The highest BCUT2D eigenvalue weighted by molar-refractivity contribution is 6.33. The molecule has 0 aliphatic rings. The lowest BCUT2D eigenvalue weighted by molar-refractivity contribution is 0.190. The Morgan fingerprint density at radius 2 is 2.12 bits per heavy atom. The molecule has 1 unspecified atom stereocenters. The highest BCUT2D eigenvalue weighted by Gasteiger charge is 2.05. The number of benzene rings is 1. The molecule has 0 spiro atoms. The maximum Gasteiger partial charge on any atom is 0.0661 e. The molecular weight excluding hydrogens is 224 g/mol. The number of nitrogens with one attached hydrogen (secondary N) is 1. The summed E-state index contributed by atoms with van der Waals surface area (Å²) in [6, 6.07) is 6.23. The van der Waals surface area contributed by atoms with Crippen molar-refractivity contribution >= 4 is 23.0 Å². The first-order valence-electron chi connectivity index (χ1n) is 5.27. The molecule has 0 aromatic heterocycles. The highest BCUT2D eigenvalue weighted by Crippen LogP contribution is 2.27. The number of hydrogen-bond donors (Lipinski definition) is 1. The van der Waals surface area contributed by atoms with Gasteiger partial charge in [-0.15, -0.1) is 0 Å². The predicted octanol–water partition coefficient (Wildman–Crippen LogP) is 2.85. The maximum atomic E-state index is 6.17. The zero-order valence-electron chi connectivity index (χ0n) is 10.2. The van der Waals surface area contributed by atoms with Crippen LogP contribution >= 0.6 is 11.6 Å².